The monoisotopic (exact) mass is 636 g/mol. The third kappa shape index (κ3) is 7.69. The van der Waals surface area contributed by atoms with E-state index in [1.807, 2.05) is 12.1 Å². The van der Waals surface area contributed by atoms with E-state index >= 15 is 0 Å². The number of aliphatic hydroxyl groups is 2. The van der Waals surface area contributed by atoms with E-state index in [0.717, 1.165) is 59.1 Å². The van der Waals surface area contributed by atoms with Gasteiger partial charge in [0.25, 0.3) is 0 Å². The molecule has 4 aromatic heterocycles. The lowest BCUT2D eigenvalue weighted by molar-refractivity contribution is -0.274. The number of halogens is 3. The van der Waals surface area contributed by atoms with Crippen LogP contribution in [0, 0.1) is 0 Å². The van der Waals surface area contributed by atoms with Gasteiger partial charge in [-0.3, -0.25) is 15.0 Å². The van der Waals surface area contributed by atoms with Crippen LogP contribution in [0.25, 0.3) is 22.2 Å². The van der Waals surface area contributed by atoms with Gasteiger partial charge in [0.1, 0.15) is 17.0 Å². The molecule has 4 N–H and O–H groups in total. The van der Waals surface area contributed by atoms with Gasteiger partial charge in [0.15, 0.2) is 11.9 Å². The first-order chi connectivity index (χ1) is 21.9. The van der Waals surface area contributed by atoms with E-state index in [1.54, 1.807) is 49.1 Å². The van der Waals surface area contributed by atoms with Gasteiger partial charge in [0.2, 0.25) is 0 Å². The maximum absolute atomic E-state index is 12.7. The molecule has 1 aliphatic rings. The van der Waals surface area contributed by atoms with Crippen molar-refractivity contribution in [3.8, 4) is 16.9 Å². The Morgan fingerprint density at radius 3 is 2.52 bits per heavy atom. The highest BCUT2D eigenvalue weighted by Crippen LogP contribution is 2.46. The molecule has 242 valence electrons. The van der Waals surface area contributed by atoms with E-state index in [9.17, 15) is 23.4 Å². The van der Waals surface area contributed by atoms with Crippen molar-refractivity contribution in [1.82, 2.24) is 40.5 Å². The van der Waals surface area contributed by atoms with Gasteiger partial charge in [-0.1, -0.05) is 23.4 Å². The molecule has 6 rings (SSSR count). The number of unbranched alkanes of at least 4 members (excludes halogenated alkanes) is 1. The zero-order valence-corrected chi connectivity index (χ0v) is 25.4. The topological polar surface area (TPSA) is 147 Å². The third-order valence-corrected chi connectivity index (χ3v) is 7.86. The molecular formula is C32H35F3N8O3. The molecule has 1 aromatic carbocycles. The second-order valence-corrected chi connectivity index (χ2v) is 12.1. The van der Waals surface area contributed by atoms with Crippen LogP contribution in [-0.2, 0) is 25.1 Å². The summed E-state index contributed by atoms with van der Waals surface area (Å²) in [6.45, 7) is 4.31. The highest BCUT2D eigenvalue weighted by molar-refractivity contribution is 5.96. The zero-order chi connectivity index (χ0) is 32.5. The van der Waals surface area contributed by atoms with Crippen LogP contribution in [0.4, 0.5) is 13.2 Å². The van der Waals surface area contributed by atoms with E-state index in [1.165, 1.54) is 12.1 Å². The number of hydrogen-bond donors (Lipinski definition) is 4. The molecule has 4 heterocycles. The van der Waals surface area contributed by atoms with E-state index in [4.69, 9.17) is 0 Å². The van der Waals surface area contributed by atoms with Gasteiger partial charge in [0, 0.05) is 35.9 Å². The first-order valence-electron chi connectivity index (χ1n) is 15.2. The Kier molecular flexibility index (Phi) is 8.77. The number of alkyl halides is 3. The minimum absolute atomic E-state index is 0.262. The van der Waals surface area contributed by atoms with Crippen molar-refractivity contribution >= 4 is 11.0 Å². The molecule has 0 aliphatic heterocycles. The maximum Gasteiger partial charge on any atom is 0.573 e. The SMILES string of the molecule is CC(C)(O)c1ccc(CNC(O)c2cn(CCCCc3cc4c(-c5ccc(OC(F)(F)F)cc5)c(C5CC5)[nH]c4nn3)nn2)cn1. The van der Waals surface area contributed by atoms with Crippen LogP contribution < -0.4 is 10.1 Å². The number of aryl methyl sites for hydroxylation is 2. The van der Waals surface area contributed by atoms with Crippen molar-refractivity contribution in [2.75, 3.05) is 0 Å². The van der Waals surface area contributed by atoms with Crippen LogP contribution in [0.15, 0.2) is 54.9 Å². The molecule has 1 unspecified atom stereocenters. The van der Waals surface area contributed by atoms with Crippen molar-refractivity contribution in [2.45, 2.75) is 83.2 Å². The highest BCUT2D eigenvalue weighted by Gasteiger charge is 2.32. The normalized spacial score (nSPS) is 14.6. The summed E-state index contributed by atoms with van der Waals surface area (Å²) in [6, 6.07) is 11.5. The molecule has 46 heavy (non-hydrogen) atoms. The van der Waals surface area contributed by atoms with Crippen molar-refractivity contribution in [3.63, 3.8) is 0 Å². The van der Waals surface area contributed by atoms with Crippen LogP contribution in [0.3, 0.4) is 0 Å². The molecule has 1 saturated carbocycles. The predicted molar refractivity (Wildman–Crippen MR) is 162 cm³/mol. The van der Waals surface area contributed by atoms with Gasteiger partial charge < -0.3 is 19.9 Å². The summed E-state index contributed by atoms with van der Waals surface area (Å²) in [5.74, 6) is 0.102. The summed E-state index contributed by atoms with van der Waals surface area (Å²) < 4.78 is 43.7. The minimum Gasteiger partial charge on any atom is -0.406 e. The molecule has 0 amide bonds. The number of nitrogens with one attached hydrogen (secondary N) is 2. The molecule has 14 heteroatoms. The summed E-state index contributed by atoms with van der Waals surface area (Å²) in [4.78, 5) is 7.66. The lowest BCUT2D eigenvalue weighted by atomic mass is 10.00. The van der Waals surface area contributed by atoms with Gasteiger partial charge in [0.05, 0.1) is 17.6 Å². The Hall–Kier alpha value is -4.40. The number of aromatic nitrogens is 7. The fourth-order valence-corrected chi connectivity index (χ4v) is 5.32. The lowest BCUT2D eigenvalue weighted by Gasteiger charge is -2.16. The predicted octanol–water partition coefficient (Wildman–Crippen LogP) is 5.42. The van der Waals surface area contributed by atoms with Crippen molar-refractivity contribution in [1.29, 1.82) is 0 Å². The Balaban J connectivity index is 1.04. The van der Waals surface area contributed by atoms with E-state index in [2.05, 4.69) is 40.5 Å². The van der Waals surface area contributed by atoms with E-state index in [-0.39, 0.29) is 5.75 Å². The number of hydrogen-bond acceptors (Lipinski definition) is 9. The quantitative estimate of drug-likeness (QED) is 0.0983. The van der Waals surface area contributed by atoms with Gasteiger partial charge in [-0.25, -0.2) is 0 Å². The molecular weight excluding hydrogens is 601 g/mol. The van der Waals surface area contributed by atoms with Crippen LogP contribution in [0.1, 0.15) is 80.0 Å². The molecule has 5 aromatic rings. The van der Waals surface area contributed by atoms with Gasteiger partial charge in [-0.2, -0.15) is 5.10 Å². The molecule has 0 radical (unpaired) electrons. The fraction of sp³-hybridized carbons (Fsp3) is 0.406. The van der Waals surface area contributed by atoms with E-state index in [0.29, 0.717) is 42.5 Å². The van der Waals surface area contributed by atoms with Crippen LogP contribution in [-0.4, -0.2) is 51.7 Å². The molecule has 1 atom stereocenters. The average Bonchev–Trinajstić information content (AvgIpc) is 3.63. The number of pyridine rings is 1. The second-order valence-electron chi connectivity index (χ2n) is 12.1. The fourth-order valence-electron chi connectivity index (χ4n) is 5.32. The molecule has 1 aliphatic carbocycles. The summed E-state index contributed by atoms with van der Waals surface area (Å²) >= 11 is 0. The molecule has 0 spiro atoms. The van der Waals surface area contributed by atoms with Gasteiger partial charge >= 0.3 is 6.36 Å². The maximum atomic E-state index is 12.7. The number of H-pyrrole nitrogens is 1. The van der Waals surface area contributed by atoms with Crippen LogP contribution >= 0.6 is 0 Å². The smallest absolute Gasteiger partial charge is 0.406 e. The zero-order valence-electron chi connectivity index (χ0n) is 25.4. The second kappa shape index (κ2) is 12.8. The van der Waals surface area contributed by atoms with Crippen molar-refractivity contribution < 1.29 is 28.1 Å². The Bertz CT molecular complexity index is 1780. The first kappa shape index (κ1) is 31.6. The average molecular weight is 637 g/mol. The standard InChI is InChI=1S/C32H35F3N8O3/c1-31(2,45)26-13-6-19(16-36-26)17-37-30(44)25-18-43(42-40-25)14-4-3-5-22-15-24-27(28(21-7-8-21)38-29(24)41-39-22)20-9-11-23(12-10-20)46-32(33,34)35/h6,9-13,15-16,18,21,30,37,44-45H,3-5,7-8,14,17H2,1-2H3,(H,38,41). The number of fused-ring (bicyclic) bond motifs is 1. The molecule has 11 nitrogen and oxygen atoms in total. The minimum atomic E-state index is -4.74. The summed E-state index contributed by atoms with van der Waals surface area (Å²) in [5, 5.41) is 41.5. The number of benzene rings is 1. The highest BCUT2D eigenvalue weighted by atomic mass is 19.4. The first-order valence-corrected chi connectivity index (χ1v) is 15.2. The van der Waals surface area contributed by atoms with Crippen LogP contribution in [0.5, 0.6) is 5.75 Å². The van der Waals surface area contributed by atoms with Gasteiger partial charge in [-0.15, -0.1) is 23.4 Å². The molecule has 0 saturated heterocycles. The number of nitrogens with zero attached hydrogens (tertiary/aromatic N) is 6. The molecule has 1 fully saturated rings. The Morgan fingerprint density at radius 2 is 1.85 bits per heavy atom. The number of ether oxygens (including phenoxy) is 1. The third-order valence-electron chi connectivity index (χ3n) is 7.86. The summed E-state index contributed by atoms with van der Waals surface area (Å²) in [5.41, 5.74) is 5.04. The van der Waals surface area contributed by atoms with Crippen molar-refractivity contribution in [3.05, 3.63) is 83.2 Å². The van der Waals surface area contributed by atoms with E-state index < -0.39 is 18.2 Å². The number of rotatable bonds is 13. The Morgan fingerprint density at radius 1 is 1.07 bits per heavy atom. The van der Waals surface area contributed by atoms with Crippen LogP contribution in [0.2, 0.25) is 0 Å². The molecule has 0 bridgehead atoms. The number of aliphatic hydroxyl groups excluding tert-OH is 1. The lowest BCUT2D eigenvalue weighted by Crippen LogP contribution is -2.21. The van der Waals surface area contributed by atoms with Gasteiger partial charge in [-0.05, 0) is 87.3 Å². The summed E-state index contributed by atoms with van der Waals surface area (Å²) in [6.07, 6.45) is 1.97. The Labute approximate surface area is 262 Å². The number of aromatic amines is 1. The largest absolute Gasteiger partial charge is 0.573 e. The summed E-state index contributed by atoms with van der Waals surface area (Å²) in [7, 11) is 0. The van der Waals surface area contributed by atoms with Crippen molar-refractivity contribution in [2.24, 2.45) is 0 Å².